The minimum Gasteiger partial charge on any atom is -0.484 e. The van der Waals surface area contributed by atoms with Crippen LogP contribution >= 0.6 is 23.4 Å². The van der Waals surface area contributed by atoms with Crippen LogP contribution < -0.4 is 15.6 Å². The molecule has 0 atom stereocenters. The van der Waals surface area contributed by atoms with E-state index in [-0.39, 0.29) is 18.3 Å². The molecule has 0 saturated carbocycles. The zero-order chi connectivity index (χ0) is 15.8. The zero-order valence-electron chi connectivity index (χ0n) is 11.2. The molecule has 0 aliphatic carbocycles. The number of carbonyl (C=O) groups is 2. The number of H-pyrrole nitrogens is 1. The fraction of sp³-hybridized carbons (Fsp3) is 0.167. The fourth-order valence-corrected chi connectivity index (χ4v) is 1.99. The van der Waals surface area contributed by atoms with Crippen molar-refractivity contribution in [2.75, 3.05) is 12.4 Å². The van der Waals surface area contributed by atoms with Gasteiger partial charge in [0.2, 0.25) is 5.91 Å². The highest BCUT2D eigenvalue weighted by Crippen LogP contribution is 2.15. The van der Waals surface area contributed by atoms with Crippen LogP contribution in [-0.2, 0) is 9.59 Å². The number of amides is 2. The van der Waals surface area contributed by atoms with Crippen LogP contribution in [0, 0.1) is 0 Å². The Balaban J connectivity index is 1.62. The number of carbonyl (C=O) groups excluding carboxylic acids is 2. The molecule has 0 unspecified atom stereocenters. The summed E-state index contributed by atoms with van der Waals surface area (Å²) in [5, 5.41) is 7.35. The van der Waals surface area contributed by atoms with Crippen molar-refractivity contribution in [2.24, 2.45) is 0 Å². The van der Waals surface area contributed by atoms with Crippen LogP contribution in [0.1, 0.15) is 0 Å². The molecule has 0 radical (unpaired) electrons. The molecule has 1 aromatic heterocycles. The lowest BCUT2D eigenvalue weighted by Crippen LogP contribution is -2.44. The number of benzene rings is 1. The summed E-state index contributed by atoms with van der Waals surface area (Å²) in [6.07, 6.45) is 1.34. The highest BCUT2D eigenvalue weighted by atomic mass is 35.5. The molecular weight excluding hydrogens is 330 g/mol. The van der Waals surface area contributed by atoms with Crippen LogP contribution in [0.3, 0.4) is 0 Å². The van der Waals surface area contributed by atoms with Gasteiger partial charge in [-0.1, -0.05) is 23.4 Å². The lowest BCUT2D eigenvalue weighted by Gasteiger charge is -2.08. The summed E-state index contributed by atoms with van der Waals surface area (Å²) in [6, 6.07) is 6.58. The molecule has 1 heterocycles. The highest BCUT2D eigenvalue weighted by molar-refractivity contribution is 7.99. The number of hydrogen-bond acceptors (Lipinski definition) is 6. The number of thioether (sulfide) groups is 1. The Kier molecular flexibility index (Phi) is 6.04. The fourth-order valence-electron chi connectivity index (χ4n) is 1.29. The van der Waals surface area contributed by atoms with Gasteiger partial charge in [0.15, 0.2) is 11.8 Å². The van der Waals surface area contributed by atoms with Gasteiger partial charge < -0.3 is 4.74 Å². The van der Waals surface area contributed by atoms with E-state index in [1.54, 1.807) is 24.3 Å². The van der Waals surface area contributed by atoms with Gasteiger partial charge in [0, 0.05) is 5.02 Å². The number of nitrogens with zero attached hydrogens (tertiary/aromatic N) is 2. The van der Waals surface area contributed by atoms with Crippen molar-refractivity contribution in [2.45, 2.75) is 5.16 Å². The lowest BCUT2D eigenvalue weighted by atomic mass is 10.3. The second kappa shape index (κ2) is 8.25. The van der Waals surface area contributed by atoms with Gasteiger partial charge in [-0.15, -0.1) is 0 Å². The van der Waals surface area contributed by atoms with Crippen LogP contribution in [0.25, 0.3) is 0 Å². The van der Waals surface area contributed by atoms with Crippen LogP contribution in [-0.4, -0.2) is 39.4 Å². The molecule has 2 rings (SSSR count). The topological polar surface area (TPSA) is 109 Å². The van der Waals surface area contributed by atoms with Crippen molar-refractivity contribution in [1.82, 2.24) is 26.0 Å². The first-order valence-corrected chi connectivity index (χ1v) is 7.44. The van der Waals surface area contributed by atoms with Gasteiger partial charge in [0.25, 0.3) is 5.91 Å². The van der Waals surface area contributed by atoms with E-state index in [2.05, 4.69) is 26.0 Å². The molecule has 8 nitrogen and oxygen atoms in total. The number of aromatic nitrogens is 3. The minimum atomic E-state index is -0.479. The molecule has 0 saturated heterocycles. The Morgan fingerprint density at radius 2 is 1.95 bits per heavy atom. The molecule has 10 heteroatoms. The van der Waals surface area contributed by atoms with Crippen molar-refractivity contribution in [3.63, 3.8) is 0 Å². The van der Waals surface area contributed by atoms with Gasteiger partial charge in [0.1, 0.15) is 12.1 Å². The highest BCUT2D eigenvalue weighted by Gasteiger charge is 2.07. The van der Waals surface area contributed by atoms with E-state index in [1.807, 2.05) is 0 Å². The second-order valence-electron chi connectivity index (χ2n) is 3.92. The van der Waals surface area contributed by atoms with Gasteiger partial charge in [-0.05, 0) is 24.3 Å². The SMILES string of the molecule is O=C(COc1ccc(Cl)cc1)NNC(=O)CSc1ncn[nH]1. The Hall–Kier alpha value is -2.26. The molecule has 2 amide bonds. The van der Waals surface area contributed by atoms with Gasteiger partial charge >= 0.3 is 0 Å². The summed E-state index contributed by atoms with van der Waals surface area (Å²) in [5.74, 6) is -0.256. The zero-order valence-corrected chi connectivity index (χ0v) is 12.8. The first kappa shape index (κ1) is 16.1. The number of ether oxygens (including phenoxy) is 1. The van der Waals surface area contributed by atoms with Crippen LogP contribution in [0.15, 0.2) is 35.7 Å². The van der Waals surface area contributed by atoms with E-state index in [4.69, 9.17) is 16.3 Å². The van der Waals surface area contributed by atoms with Gasteiger partial charge in [-0.25, -0.2) is 4.98 Å². The molecule has 0 aliphatic rings. The first-order chi connectivity index (χ1) is 10.6. The monoisotopic (exact) mass is 341 g/mol. The van der Waals surface area contributed by atoms with E-state index >= 15 is 0 Å². The van der Waals surface area contributed by atoms with Crippen molar-refractivity contribution in [3.05, 3.63) is 35.6 Å². The van der Waals surface area contributed by atoms with E-state index < -0.39 is 5.91 Å². The normalized spacial score (nSPS) is 10.0. The van der Waals surface area contributed by atoms with E-state index in [0.717, 1.165) is 11.8 Å². The Labute approximate surface area is 134 Å². The lowest BCUT2D eigenvalue weighted by molar-refractivity contribution is -0.128. The van der Waals surface area contributed by atoms with Crippen molar-refractivity contribution < 1.29 is 14.3 Å². The van der Waals surface area contributed by atoms with Crippen molar-refractivity contribution in [3.8, 4) is 5.75 Å². The molecule has 116 valence electrons. The van der Waals surface area contributed by atoms with Crippen molar-refractivity contribution >= 4 is 35.2 Å². The molecule has 0 fully saturated rings. The number of halogens is 1. The predicted octanol–water partition coefficient (Wildman–Crippen LogP) is 0.777. The average Bonchev–Trinajstić information content (AvgIpc) is 3.04. The first-order valence-electron chi connectivity index (χ1n) is 6.07. The number of nitrogens with one attached hydrogen (secondary N) is 3. The molecule has 0 aliphatic heterocycles. The summed E-state index contributed by atoms with van der Waals surface area (Å²) in [7, 11) is 0. The van der Waals surface area contributed by atoms with Crippen molar-refractivity contribution in [1.29, 1.82) is 0 Å². The summed E-state index contributed by atoms with van der Waals surface area (Å²) in [4.78, 5) is 26.9. The quantitative estimate of drug-likeness (QED) is 0.529. The second-order valence-corrected chi connectivity index (χ2v) is 5.32. The van der Waals surface area contributed by atoms with E-state index in [0.29, 0.717) is 15.9 Å². The number of hydrazine groups is 1. The molecule has 1 aromatic carbocycles. The molecule has 22 heavy (non-hydrogen) atoms. The molecular formula is C12H12ClN5O3S. The van der Waals surface area contributed by atoms with Gasteiger partial charge in [0.05, 0.1) is 5.75 Å². The number of rotatable bonds is 6. The third-order valence-electron chi connectivity index (χ3n) is 2.26. The van der Waals surface area contributed by atoms with Crippen LogP contribution in [0.5, 0.6) is 5.75 Å². The maximum atomic E-state index is 11.5. The van der Waals surface area contributed by atoms with Crippen LogP contribution in [0.4, 0.5) is 0 Å². The largest absolute Gasteiger partial charge is 0.484 e. The standard InChI is InChI=1S/C12H12ClN5O3S/c13-8-1-3-9(4-2-8)21-5-10(19)16-17-11(20)6-22-12-14-7-15-18-12/h1-4,7H,5-6H2,(H,16,19)(H,17,20)(H,14,15,18). The smallest absolute Gasteiger partial charge is 0.276 e. The summed E-state index contributed by atoms with van der Waals surface area (Å²) >= 11 is 6.89. The van der Waals surface area contributed by atoms with Gasteiger partial charge in [-0.3, -0.25) is 25.5 Å². The number of aromatic amines is 1. The van der Waals surface area contributed by atoms with Crippen LogP contribution in [0.2, 0.25) is 5.02 Å². The Morgan fingerprint density at radius 1 is 1.23 bits per heavy atom. The molecule has 3 N–H and O–H groups in total. The maximum Gasteiger partial charge on any atom is 0.276 e. The average molecular weight is 342 g/mol. The van der Waals surface area contributed by atoms with Gasteiger partial charge in [-0.2, -0.15) is 5.10 Å². The third-order valence-corrected chi connectivity index (χ3v) is 3.39. The van der Waals surface area contributed by atoms with E-state index in [9.17, 15) is 9.59 Å². The molecule has 0 spiro atoms. The third kappa shape index (κ3) is 5.62. The molecule has 2 aromatic rings. The Morgan fingerprint density at radius 3 is 2.64 bits per heavy atom. The predicted molar refractivity (Wildman–Crippen MR) is 80.3 cm³/mol. The number of hydrogen-bond donors (Lipinski definition) is 3. The molecule has 0 bridgehead atoms. The minimum absolute atomic E-state index is 0.0908. The summed E-state index contributed by atoms with van der Waals surface area (Å²) in [5.41, 5.74) is 4.51. The maximum absolute atomic E-state index is 11.5. The summed E-state index contributed by atoms with van der Waals surface area (Å²) in [6.45, 7) is -0.225. The Bertz CT molecular complexity index is 620. The summed E-state index contributed by atoms with van der Waals surface area (Å²) < 4.78 is 5.22. The van der Waals surface area contributed by atoms with E-state index in [1.165, 1.54) is 6.33 Å².